The maximum atomic E-state index is 11.9. The Balaban J connectivity index is 1.79. The van der Waals surface area contributed by atoms with E-state index in [0.29, 0.717) is 27.0 Å². The third-order valence-electron chi connectivity index (χ3n) is 3.39. The average Bonchev–Trinajstić information content (AvgIpc) is 2.63. The Bertz CT molecular complexity index is 872. The Morgan fingerprint density at radius 2 is 1.89 bits per heavy atom. The number of hydrogen-bond donors (Lipinski definition) is 3. The Kier molecular flexibility index (Phi) is 7.45. The second kappa shape index (κ2) is 9.80. The van der Waals surface area contributed by atoms with Gasteiger partial charge >= 0.3 is 0 Å². The first-order valence-corrected chi connectivity index (χ1v) is 8.58. The molecule has 0 atom stereocenters. The fraction of sp³-hybridized carbons (Fsp3) is 0.167. The van der Waals surface area contributed by atoms with E-state index >= 15 is 0 Å². The summed E-state index contributed by atoms with van der Waals surface area (Å²) in [5.41, 5.74) is 3.37. The van der Waals surface area contributed by atoms with E-state index in [4.69, 9.17) is 27.9 Å². The van der Waals surface area contributed by atoms with Gasteiger partial charge in [-0.2, -0.15) is 5.10 Å². The predicted octanol–water partition coefficient (Wildman–Crippen LogP) is 3.58. The average molecular weight is 410 g/mol. The highest BCUT2D eigenvalue weighted by Gasteiger charge is 2.09. The molecule has 0 heterocycles. The number of benzene rings is 2. The number of halogens is 2. The lowest BCUT2D eigenvalue weighted by Crippen LogP contribution is -2.20. The van der Waals surface area contributed by atoms with Crippen molar-refractivity contribution in [1.82, 2.24) is 5.43 Å². The summed E-state index contributed by atoms with van der Waals surface area (Å²) < 4.78 is 4.98. The van der Waals surface area contributed by atoms with Crippen LogP contribution in [0.25, 0.3) is 0 Å². The molecule has 2 aromatic carbocycles. The van der Waals surface area contributed by atoms with Crippen LogP contribution >= 0.6 is 23.2 Å². The zero-order valence-corrected chi connectivity index (χ0v) is 15.8. The Morgan fingerprint density at radius 1 is 1.15 bits per heavy atom. The first-order valence-electron chi connectivity index (χ1n) is 7.83. The fourth-order valence-electron chi connectivity index (χ4n) is 2.04. The molecule has 0 radical (unpaired) electrons. The normalized spacial score (nSPS) is 10.6. The third-order valence-corrected chi connectivity index (χ3v) is 3.94. The minimum atomic E-state index is -0.422. The predicted molar refractivity (Wildman–Crippen MR) is 105 cm³/mol. The SMILES string of the molecule is COc1cc(C=NNC(=O)CCC(=O)Nc2ccc(Cl)cc2Cl)ccc1O. The number of aromatic hydroxyl groups is 1. The van der Waals surface area contributed by atoms with Crippen molar-refractivity contribution in [2.24, 2.45) is 5.10 Å². The lowest BCUT2D eigenvalue weighted by atomic mass is 10.2. The minimum Gasteiger partial charge on any atom is -0.504 e. The highest BCUT2D eigenvalue weighted by Crippen LogP contribution is 2.26. The number of amides is 2. The summed E-state index contributed by atoms with van der Waals surface area (Å²) in [5, 5.41) is 16.7. The molecule has 3 N–H and O–H groups in total. The maximum Gasteiger partial charge on any atom is 0.240 e. The van der Waals surface area contributed by atoms with Crippen LogP contribution in [0.1, 0.15) is 18.4 Å². The molecule has 0 spiro atoms. The van der Waals surface area contributed by atoms with E-state index in [1.165, 1.54) is 25.5 Å². The molecule has 0 aliphatic carbocycles. The van der Waals surface area contributed by atoms with Crippen LogP contribution in [-0.2, 0) is 9.59 Å². The molecule has 0 aliphatic rings. The van der Waals surface area contributed by atoms with Gasteiger partial charge in [-0.3, -0.25) is 9.59 Å². The largest absolute Gasteiger partial charge is 0.504 e. The van der Waals surface area contributed by atoms with E-state index in [-0.39, 0.29) is 24.5 Å². The molecule has 2 rings (SSSR count). The van der Waals surface area contributed by atoms with Crippen LogP contribution in [-0.4, -0.2) is 30.2 Å². The van der Waals surface area contributed by atoms with Crippen LogP contribution in [0.15, 0.2) is 41.5 Å². The standard InChI is InChI=1S/C18H17Cl2N3O4/c1-27-16-8-11(2-5-15(16)24)10-21-23-18(26)7-6-17(25)22-14-4-3-12(19)9-13(14)20/h2-5,8-10,24H,6-7H2,1H3,(H,22,25)(H,23,26). The monoisotopic (exact) mass is 409 g/mol. The summed E-state index contributed by atoms with van der Waals surface area (Å²) in [5.74, 6) is -0.482. The van der Waals surface area contributed by atoms with Crippen molar-refractivity contribution in [3.8, 4) is 11.5 Å². The number of carbonyl (C=O) groups is 2. The topological polar surface area (TPSA) is 100 Å². The van der Waals surface area contributed by atoms with Crippen molar-refractivity contribution < 1.29 is 19.4 Å². The maximum absolute atomic E-state index is 11.9. The van der Waals surface area contributed by atoms with E-state index in [1.54, 1.807) is 24.3 Å². The molecule has 0 fully saturated rings. The van der Waals surface area contributed by atoms with Crippen LogP contribution in [0.3, 0.4) is 0 Å². The second-order valence-electron chi connectivity index (χ2n) is 5.40. The van der Waals surface area contributed by atoms with Crippen LogP contribution in [0.2, 0.25) is 10.0 Å². The summed E-state index contributed by atoms with van der Waals surface area (Å²) in [6.45, 7) is 0. The molecular formula is C18H17Cl2N3O4. The molecule has 2 amide bonds. The quantitative estimate of drug-likeness (QED) is 0.480. The lowest BCUT2D eigenvalue weighted by Gasteiger charge is -2.07. The third kappa shape index (κ3) is 6.47. The van der Waals surface area contributed by atoms with Gasteiger partial charge in [-0.15, -0.1) is 0 Å². The summed E-state index contributed by atoms with van der Waals surface area (Å²) in [6.07, 6.45) is 1.31. The highest BCUT2D eigenvalue weighted by molar-refractivity contribution is 6.36. The van der Waals surface area contributed by atoms with E-state index in [1.807, 2.05) is 0 Å². The van der Waals surface area contributed by atoms with Gasteiger partial charge in [0.2, 0.25) is 11.8 Å². The zero-order valence-electron chi connectivity index (χ0n) is 14.3. The minimum absolute atomic E-state index is 0.00508. The summed E-state index contributed by atoms with van der Waals surface area (Å²) in [7, 11) is 1.43. The Morgan fingerprint density at radius 3 is 2.59 bits per heavy atom. The molecule has 2 aromatic rings. The molecule has 0 bridgehead atoms. The van der Waals surface area contributed by atoms with Gasteiger partial charge in [0.15, 0.2) is 11.5 Å². The summed E-state index contributed by atoms with van der Waals surface area (Å²) in [4.78, 5) is 23.7. The number of nitrogens with zero attached hydrogens (tertiary/aromatic N) is 1. The van der Waals surface area contributed by atoms with Crippen molar-refractivity contribution in [3.05, 3.63) is 52.0 Å². The van der Waals surface area contributed by atoms with Crippen LogP contribution in [0.4, 0.5) is 5.69 Å². The molecule has 142 valence electrons. The molecule has 0 saturated heterocycles. The summed E-state index contributed by atoms with van der Waals surface area (Å²) >= 11 is 11.8. The van der Waals surface area contributed by atoms with Gasteiger partial charge in [0.05, 0.1) is 24.0 Å². The van der Waals surface area contributed by atoms with Crippen molar-refractivity contribution in [3.63, 3.8) is 0 Å². The van der Waals surface area contributed by atoms with E-state index < -0.39 is 5.91 Å². The van der Waals surface area contributed by atoms with E-state index in [2.05, 4.69) is 15.8 Å². The van der Waals surface area contributed by atoms with Gasteiger partial charge in [0.1, 0.15) is 0 Å². The van der Waals surface area contributed by atoms with Crippen molar-refractivity contribution >= 4 is 46.9 Å². The number of hydrazone groups is 1. The van der Waals surface area contributed by atoms with E-state index in [0.717, 1.165) is 0 Å². The highest BCUT2D eigenvalue weighted by atomic mass is 35.5. The lowest BCUT2D eigenvalue weighted by molar-refractivity contribution is -0.124. The van der Waals surface area contributed by atoms with Crippen molar-refractivity contribution in [1.29, 1.82) is 0 Å². The van der Waals surface area contributed by atoms with Gasteiger partial charge in [-0.05, 0) is 42.0 Å². The molecule has 0 aromatic heterocycles. The molecule has 27 heavy (non-hydrogen) atoms. The molecule has 9 heteroatoms. The molecule has 0 saturated carbocycles. The molecule has 7 nitrogen and oxygen atoms in total. The number of phenols is 1. The molecule has 0 aliphatic heterocycles. The number of nitrogens with one attached hydrogen (secondary N) is 2. The van der Waals surface area contributed by atoms with Crippen LogP contribution < -0.4 is 15.5 Å². The zero-order chi connectivity index (χ0) is 19.8. The van der Waals surface area contributed by atoms with Crippen molar-refractivity contribution in [2.45, 2.75) is 12.8 Å². The van der Waals surface area contributed by atoms with Crippen LogP contribution in [0, 0.1) is 0 Å². The number of rotatable bonds is 7. The van der Waals surface area contributed by atoms with Gasteiger partial charge in [0.25, 0.3) is 0 Å². The number of ether oxygens (including phenoxy) is 1. The summed E-state index contributed by atoms with van der Waals surface area (Å²) in [6, 6.07) is 9.32. The van der Waals surface area contributed by atoms with Gasteiger partial charge < -0.3 is 15.2 Å². The molecule has 0 unspecified atom stereocenters. The first-order chi connectivity index (χ1) is 12.9. The molecular weight excluding hydrogens is 393 g/mol. The smallest absolute Gasteiger partial charge is 0.240 e. The second-order valence-corrected chi connectivity index (χ2v) is 6.24. The van der Waals surface area contributed by atoms with Crippen molar-refractivity contribution in [2.75, 3.05) is 12.4 Å². The number of hydrogen-bond acceptors (Lipinski definition) is 5. The van der Waals surface area contributed by atoms with Gasteiger partial charge in [-0.25, -0.2) is 5.43 Å². The fourth-order valence-corrected chi connectivity index (χ4v) is 2.50. The van der Waals surface area contributed by atoms with Crippen LogP contribution in [0.5, 0.6) is 11.5 Å². The number of carbonyl (C=O) groups excluding carboxylic acids is 2. The Hall–Kier alpha value is -2.77. The first kappa shape index (κ1) is 20.5. The number of anilines is 1. The Labute approximate surface area is 165 Å². The van der Waals surface area contributed by atoms with Gasteiger partial charge in [-0.1, -0.05) is 23.2 Å². The van der Waals surface area contributed by atoms with E-state index in [9.17, 15) is 14.7 Å². The van der Waals surface area contributed by atoms with Gasteiger partial charge in [0, 0.05) is 17.9 Å². The number of methoxy groups -OCH3 is 1. The number of phenolic OH excluding ortho intramolecular Hbond substituents is 1.